The highest BCUT2D eigenvalue weighted by Gasteiger charge is 2.04. The number of carbonyl (C=O) groups is 1. The summed E-state index contributed by atoms with van der Waals surface area (Å²) in [6.45, 7) is 0.954. The van der Waals surface area contributed by atoms with Crippen molar-refractivity contribution in [1.29, 1.82) is 0 Å². The molecule has 3 aromatic carbocycles. The van der Waals surface area contributed by atoms with Crippen molar-refractivity contribution in [3.8, 4) is 23.3 Å². The first kappa shape index (κ1) is 21.3. The zero-order valence-electron chi connectivity index (χ0n) is 16.3. The predicted octanol–water partition coefficient (Wildman–Crippen LogP) is 5.21. The number of aliphatic carboxylic acids is 1. The maximum absolute atomic E-state index is 10.7. The Bertz CT molecular complexity index is 1030. The Morgan fingerprint density at radius 2 is 1.63 bits per heavy atom. The van der Waals surface area contributed by atoms with E-state index in [9.17, 15) is 4.79 Å². The van der Waals surface area contributed by atoms with Crippen molar-refractivity contribution in [2.24, 2.45) is 0 Å². The van der Waals surface area contributed by atoms with Crippen molar-refractivity contribution in [3.05, 3.63) is 94.5 Å². The van der Waals surface area contributed by atoms with Gasteiger partial charge in [0.25, 0.3) is 0 Å². The van der Waals surface area contributed by atoms with Gasteiger partial charge in [-0.15, -0.1) is 0 Å². The van der Waals surface area contributed by atoms with Crippen LogP contribution in [-0.4, -0.2) is 24.3 Å². The molecular weight excluding hydrogens is 400 g/mol. The molecule has 0 saturated carbocycles. The lowest BCUT2D eigenvalue weighted by Gasteiger charge is -2.10. The van der Waals surface area contributed by atoms with E-state index in [2.05, 4.69) is 11.8 Å². The van der Waals surface area contributed by atoms with Crippen molar-refractivity contribution in [2.75, 3.05) is 13.2 Å². The molecule has 1 N–H and O–H groups in total. The second-order valence-corrected chi connectivity index (χ2v) is 6.96. The number of hydrogen-bond donors (Lipinski definition) is 1. The Kier molecular flexibility index (Phi) is 7.77. The Morgan fingerprint density at radius 1 is 0.900 bits per heavy atom. The third-order valence-electron chi connectivity index (χ3n) is 4.15. The number of halogens is 1. The fraction of sp³-hybridized carbons (Fsp3) is 0.160. The molecule has 5 heteroatoms. The third-order valence-corrected chi connectivity index (χ3v) is 4.39. The second-order valence-electron chi connectivity index (χ2n) is 6.52. The summed E-state index contributed by atoms with van der Waals surface area (Å²) in [6.07, 6.45) is 0.690. The van der Waals surface area contributed by atoms with Gasteiger partial charge in [-0.25, -0.2) is 0 Å². The van der Waals surface area contributed by atoms with Crippen LogP contribution in [0.3, 0.4) is 0 Å². The summed E-state index contributed by atoms with van der Waals surface area (Å²) < 4.78 is 11.6. The van der Waals surface area contributed by atoms with Gasteiger partial charge < -0.3 is 14.6 Å². The van der Waals surface area contributed by atoms with Crippen LogP contribution in [0.1, 0.15) is 23.1 Å². The summed E-state index contributed by atoms with van der Waals surface area (Å²) in [6, 6.07) is 22.2. The Labute approximate surface area is 181 Å². The molecule has 0 aliphatic heterocycles. The van der Waals surface area contributed by atoms with Gasteiger partial charge in [0.05, 0.1) is 25.2 Å². The first-order chi connectivity index (χ1) is 14.6. The molecule has 30 heavy (non-hydrogen) atoms. The molecule has 0 aliphatic carbocycles. The third kappa shape index (κ3) is 6.88. The normalized spacial score (nSPS) is 10.0. The van der Waals surface area contributed by atoms with Crippen molar-refractivity contribution >= 4 is 17.6 Å². The molecule has 0 aliphatic rings. The minimum Gasteiger partial charge on any atom is -0.493 e. The van der Waals surface area contributed by atoms with E-state index < -0.39 is 5.97 Å². The van der Waals surface area contributed by atoms with E-state index in [-0.39, 0.29) is 6.42 Å². The highest BCUT2D eigenvalue weighted by atomic mass is 35.5. The second kappa shape index (κ2) is 10.9. The molecule has 0 saturated heterocycles. The molecule has 0 spiro atoms. The van der Waals surface area contributed by atoms with E-state index in [0.717, 1.165) is 16.7 Å². The van der Waals surface area contributed by atoms with E-state index in [0.29, 0.717) is 36.2 Å². The lowest BCUT2D eigenvalue weighted by Crippen LogP contribution is -2.06. The van der Waals surface area contributed by atoms with Gasteiger partial charge >= 0.3 is 5.97 Å². The van der Waals surface area contributed by atoms with Crippen LogP contribution in [0.4, 0.5) is 0 Å². The van der Waals surface area contributed by atoms with Crippen LogP contribution in [0.25, 0.3) is 0 Å². The quantitative estimate of drug-likeness (QED) is 0.401. The maximum atomic E-state index is 10.7. The van der Waals surface area contributed by atoms with Crippen LogP contribution in [0.5, 0.6) is 11.5 Å². The number of carboxylic acids is 1. The van der Waals surface area contributed by atoms with Crippen LogP contribution >= 0.6 is 11.6 Å². The molecule has 3 aromatic rings. The average Bonchev–Trinajstić information content (AvgIpc) is 2.74. The molecule has 4 nitrogen and oxygen atoms in total. The molecule has 0 heterocycles. The van der Waals surface area contributed by atoms with E-state index >= 15 is 0 Å². The van der Waals surface area contributed by atoms with E-state index in [1.807, 2.05) is 36.4 Å². The molecule has 0 fully saturated rings. The molecular formula is C25H21ClO4. The lowest BCUT2D eigenvalue weighted by molar-refractivity contribution is -0.136. The first-order valence-electron chi connectivity index (χ1n) is 9.53. The summed E-state index contributed by atoms with van der Waals surface area (Å²) in [7, 11) is 0. The zero-order chi connectivity index (χ0) is 21.2. The minimum absolute atomic E-state index is 0.00467. The van der Waals surface area contributed by atoms with E-state index in [4.69, 9.17) is 26.2 Å². The SMILES string of the molecule is O=C(O)Cc1ccc(OCCCOc2ccc(Cl)cc2C#Cc2ccccc2)cc1. The number of rotatable bonds is 8. The first-order valence-corrected chi connectivity index (χ1v) is 9.91. The van der Waals surface area contributed by atoms with E-state index in [1.54, 1.807) is 36.4 Å². The van der Waals surface area contributed by atoms with Gasteiger partial charge in [-0.3, -0.25) is 4.79 Å². The van der Waals surface area contributed by atoms with Crippen molar-refractivity contribution in [3.63, 3.8) is 0 Å². The van der Waals surface area contributed by atoms with E-state index in [1.165, 1.54) is 0 Å². The number of carboxylic acid groups (broad SMARTS) is 1. The summed E-state index contributed by atoms with van der Waals surface area (Å²) in [5, 5.41) is 9.40. The topological polar surface area (TPSA) is 55.8 Å². The van der Waals surface area contributed by atoms with Crippen molar-refractivity contribution in [2.45, 2.75) is 12.8 Å². The molecule has 0 amide bonds. The summed E-state index contributed by atoms with van der Waals surface area (Å²) in [4.78, 5) is 10.7. The van der Waals surface area contributed by atoms with Gasteiger partial charge in [-0.2, -0.15) is 0 Å². The monoisotopic (exact) mass is 420 g/mol. The summed E-state index contributed by atoms with van der Waals surface area (Å²) >= 11 is 6.11. The highest BCUT2D eigenvalue weighted by molar-refractivity contribution is 6.30. The van der Waals surface area contributed by atoms with Crippen LogP contribution in [-0.2, 0) is 11.2 Å². The molecule has 0 unspecified atom stereocenters. The van der Waals surface area contributed by atoms with Crippen LogP contribution in [0.15, 0.2) is 72.8 Å². The molecule has 0 radical (unpaired) electrons. The summed E-state index contributed by atoms with van der Waals surface area (Å²) in [5.74, 6) is 6.77. The standard InChI is InChI=1S/C25H21ClO4/c26-22-11-14-24(21(18-22)10-7-19-5-2-1-3-6-19)30-16-4-15-29-23-12-8-20(9-13-23)17-25(27)28/h1-3,5-6,8-9,11-14,18H,4,15-17H2,(H,27,28). The molecule has 152 valence electrons. The van der Waals surface area contributed by atoms with Gasteiger partial charge in [-0.05, 0) is 48.0 Å². The molecule has 0 aromatic heterocycles. The number of ether oxygens (including phenoxy) is 2. The van der Waals surface area contributed by atoms with Crippen LogP contribution < -0.4 is 9.47 Å². The van der Waals surface area contributed by atoms with Crippen LogP contribution in [0.2, 0.25) is 5.02 Å². The Morgan fingerprint density at radius 3 is 2.37 bits per heavy atom. The number of hydrogen-bond acceptors (Lipinski definition) is 3. The average molecular weight is 421 g/mol. The van der Waals surface area contributed by atoms with Gasteiger partial charge in [0.2, 0.25) is 0 Å². The van der Waals surface area contributed by atoms with Gasteiger partial charge in [-0.1, -0.05) is 53.8 Å². The largest absolute Gasteiger partial charge is 0.493 e. The molecule has 0 bridgehead atoms. The Balaban J connectivity index is 1.50. The fourth-order valence-corrected chi connectivity index (χ4v) is 2.87. The van der Waals surface area contributed by atoms with Crippen LogP contribution in [0, 0.1) is 11.8 Å². The number of benzene rings is 3. The molecule has 0 atom stereocenters. The minimum atomic E-state index is -0.851. The fourth-order valence-electron chi connectivity index (χ4n) is 2.70. The highest BCUT2D eigenvalue weighted by Crippen LogP contribution is 2.22. The lowest BCUT2D eigenvalue weighted by atomic mass is 10.1. The smallest absolute Gasteiger partial charge is 0.307 e. The predicted molar refractivity (Wildman–Crippen MR) is 117 cm³/mol. The van der Waals surface area contributed by atoms with Gasteiger partial charge in [0, 0.05) is 17.0 Å². The van der Waals surface area contributed by atoms with Crippen molar-refractivity contribution in [1.82, 2.24) is 0 Å². The maximum Gasteiger partial charge on any atom is 0.307 e. The Hall–Kier alpha value is -3.42. The van der Waals surface area contributed by atoms with Gasteiger partial charge in [0.15, 0.2) is 0 Å². The molecule has 3 rings (SSSR count). The van der Waals surface area contributed by atoms with Crippen molar-refractivity contribution < 1.29 is 19.4 Å². The zero-order valence-corrected chi connectivity index (χ0v) is 17.1. The van der Waals surface area contributed by atoms with Gasteiger partial charge in [0.1, 0.15) is 11.5 Å². The summed E-state index contributed by atoms with van der Waals surface area (Å²) in [5.41, 5.74) is 2.40.